The van der Waals surface area contributed by atoms with Gasteiger partial charge in [-0.3, -0.25) is 14.2 Å². The Morgan fingerprint density at radius 2 is 2.03 bits per heavy atom. The van der Waals surface area contributed by atoms with Crippen molar-refractivity contribution < 1.29 is 4.79 Å². The molecule has 0 spiro atoms. The van der Waals surface area contributed by atoms with Gasteiger partial charge in [-0.2, -0.15) is 0 Å². The highest BCUT2D eigenvalue weighted by Gasteiger charge is 2.13. The number of nitrogens with zero attached hydrogens (tertiary/aromatic N) is 3. The summed E-state index contributed by atoms with van der Waals surface area (Å²) in [4.78, 5) is 34.2. The van der Waals surface area contributed by atoms with Crippen molar-refractivity contribution >= 4 is 78.9 Å². The summed E-state index contributed by atoms with van der Waals surface area (Å²) in [6, 6.07) is 7.00. The molecular formula is C18H12Cl2N4O2S3. The zero-order valence-corrected chi connectivity index (χ0v) is 18.8. The number of benzene rings is 1. The lowest BCUT2D eigenvalue weighted by Gasteiger charge is -2.06. The molecule has 0 unspecified atom stereocenters. The van der Waals surface area contributed by atoms with Gasteiger partial charge in [0.05, 0.1) is 26.9 Å². The van der Waals surface area contributed by atoms with Crippen molar-refractivity contribution in [1.29, 1.82) is 0 Å². The Kier molecular flexibility index (Phi) is 5.93. The fourth-order valence-corrected chi connectivity index (χ4v) is 5.12. The van der Waals surface area contributed by atoms with Crippen molar-refractivity contribution in [2.45, 2.75) is 5.16 Å². The van der Waals surface area contributed by atoms with E-state index in [2.05, 4.69) is 15.3 Å². The van der Waals surface area contributed by atoms with Crippen LogP contribution >= 0.6 is 57.6 Å². The lowest BCUT2D eigenvalue weighted by Crippen LogP contribution is -2.20. The number of thioether (sulfide) groups is 1. The number of fused-ring (bicyclic) bond motifs is 1. The van der Waals surface area contributed by atoms with E-state index in [4.69, 9.17) is 23.2 Å². The Bertz CT molecular complexity index is 1280. The first-order valence-electron chi connectivity index (χ1n) is 8.20. The molecule has 0 aliphatic heterocycles. The average molecular weight is 483 g/mol. The topological polar surface area (TPSA) is 76.9 Å². The van der Waals surface area contributed by atoms with Crippen molar-refractivity contribution in [1.82, 2.24) is 14.5 Å². The molecule has 148 valence electrons. The van der Waals surface area contributed by atoms with Crippen molar-refractivity contribution in [2.24, 2.45) is 7.05 Å². The maximum atomic E-state index is 12.3. The van der Waals surface area contributed by atoms with Crippen molar-refractivity contribution in [3.8, 4) is 11.3 Å². The molecule has 0 atom stereocenters. The van der Waals surface area contributed by atoms with Gasteiger partial charge in [0.1, 0.15) is 4.83 Å². The summed E-state index contributed by atoms with van der Waals surface area (Å²) >= 11 is 15.9. The van der Waals surface area contributed by atoms with Gasteiger partial charge in [-0.25, -0.2) is 9.97 Å². The van der Waals surface area contributed by atoms with Crippen LogP contribution in [0.2, 0.25) is 10.0 Å². The summed E-state index contributed by atoms with van der Waals surface area (Å²) in [5.74, 6) is -0.121. The van der Waals surface area contributed by atoms with E-state index in [9.17, 15) is 9.59 Å². The molecule has 29 heavy (non-hydrogen) atoms. The van der Waals surface area contributed by atoms with Crippen LogP contribution in [0.25, 0.3) is 21.5 Å². The highest BCUT2D eigenvalue weighted by atomic mass is 35.5. The highest BCUT2D eigenvalue weighted by Crippen LogP contribution is 2.30. The van der Waals surface area contributed by atoms with E-state index in [1.807, 2.05) is 16.8 Å². The van der Waals surface area contributed by atoms with Crippen LogP contribution in [0.3, 0.4) is 0 Å². The number of rotatable bonds is 5. The number of hydrogen-bond donors (Lipinski definition) is 1. The fraction of sp³-hybridized carbons (Fsp3) is 0.111. The SMILES string of the molecule is Cn1c(SCC(=O)Nc2nc(-c3ccc(Cl)c(Cl)c3)cs2)nc2sccc2c1=O. The zero-order valence-electron chi connectivity index (χ0n) is 14.8. The van der Waals surface area contributed by atoms with Crippen molar-refractivity contribution in [2.75, 3.05) is 11.1 Å². The number of aromatic nitrogens is 3. The Balaban J connectivity index is 1.43. The summed E-state index contributed by atoms with van der Waals surface area (Å²) in [5, 5.41) is 8.91. The molecule has 11 heteroatoms. The number of halogens is 2. The van der Waals surface area contributed by atoms with Gasteiger partial charge in [-0.05, 0) is 23.6 Å². The monoisotopic (exact) mass is 482 g/mol. The third-order valence-electron chi connectivity index (χ3n) is 3.96. The standard InChI is InChI=1S/C18H12Cl2N4O2S3/c1-24-16(26)10-4-5-27-15(10)23-18(24)29-8-14(25)22-17-21-13(7-28-17)9-2-3-11(19)12(20)6-9/h2-7H,8H2,1H3,(H,21,22,25). The molecule has 0 aliphatic carbocycles. The quantitative estimate of drug-likeness (QED) is 0.314. The van der Waals surface area contributed by atoms with Gasteiger partial charge in [0, 0.05) is 18.0 Å². The molecule has 3 heterocycles. The molecule has 0 bridgehead atoms. The second-order valence-corrected chi connectivity index (χ2v) is 9.41. The predicted molar refractivity (Wildman–Crippen MR) is 122 cm³/mol. The lowest BCUT2D eigenvalue weighted by molar-refractivity contribution is -0.113. The number of thiophene rings is 1. The van der Waals surface area contributed by atoms with E-state index in [-0.39, 0.29) is 17.2 Å². The molecule has 0 radical (unpaired) electrons. The molecule has 0 saturated heterocycles. The summed E-state index contributed by atoms with van der Waals surface area (Å²) in [6.07, 6.45) is 0. The maximum Gasteiger partial charge on any atom is 0.262 e. The molecule has 1 amide bonds. The fourth-order valence-electron chi connectivity index (χ4n) is 2.51. The number of hydrogen-bond acceptors (Lipinski definition) is 7. The van der Waals surface area contributed by atoms with Gasteiger partial charge >= 0.3 is 0 Å². The Hall–Kier alpha value is -1.91. The molecule has 0 fully saturated rings. The maximum absolute atomic E-state index is 12.3. The molecule has 0 aliphatic rings. The van der Waals surface area contributed by atoms with E-state index in [0.717, 1.165) is 5.56 Å². The minimum Gasteiger partial charge on any atom is -0.301 e. The number of anilines is 1. The molecule has 1 N–H and O–H groups in total. The summed E-state index contributed by atoms with van der Waals surface area (Å²) in [6.45, 7) is 0. The van der Waals surface area contributed by atoms with E-state index < -0.39 is 0 Å². The van der Waals surface area contributed by atoms with Crippen LogP contribution in [-0.2, 0) is 11.8 Å². The van der Waals surface area contributed by atoms with E-state index in [0.29, 0.717) is 36.2 Å². The van der Waals surface area contributed by atoms with Crippen molar-refractivity contribution in [3.05, 3.63) is 55.4 Å². The van der Waals surface area contributed by atoms with E-state index in [1.54, 1.807) is 25.2 Å². The first-order valence-corrected chi connectivity index (χ1v) is 11.7. The number of nitrogens with one attached hydrogen (secondary N) is 1. The van der Waals surface area contributed by atoms with Crippen LogP contribution < -0.4 is 10.9 Å². The van der Waals surface area contributed by atoms with Crippen LogP contribution in [0, 0.1) is 0 Å². The van der Waals surface area contributed by atoms with Crippen LogP contribution in [0.15, 0.2) is 45.0 Å². The largest absolute Gasteiger partial charge is 0.301 e. The van der Waals surface area contributed by atoms with Crippen LogP contribution in [0.1, 0.15) is 0 Å². The van der Waals surface area contributed by atoms with Crippen molar-refractivity contribution in [3.63, 3.8) is 0 Å². The van der Waals surface area contributed by atoms with E-state index >= 15 is 0 Å². The molecule has 1 aromatic carbocycles. The van der Waals surface area contributed by atoms with Gasteiger partial charge in [-0.15, -0.1) is 22.7 Å². The van der Waals surface area contributed by atoms with Gasteiger partial charge in [0.2, 0.25) is 5.91 Å². The van der Waals surface area contributed by atoms with Gasteiger partial charge < -0.3 is 5.32 Å². The Morgan fingerprint density at radius 3 is 2.83 bits per heavy atom. The zero-order chi connectivity index (χ0) is 20.5. The predicted octanol–water partition coefficient (Wildman–Crippen LogP) is 5.16. The minimum absolute atomic E-state index is 0.110. The Labute approximate surface area is 187 Å². The number of carbonyl (C=O) groups is 1. The van der Waals surface area contributed by atoms with Crippen LogP contribution in [-0.4, -0.2) is 26.2 Å². The molecule has 6 nitrogen and oxygen atoms in total. The molecular weight excluding hydrogens is 471 g/mol. The molecule has 0 saturated carbocycles. The first-order chi connectivity index (χ1) is 13.9. The third kappa shape index (κ3) is 4.34. The first kappa shape index (κ1) is 20.4. The van der Waals surface area contributed by atoms with Crippen LogP contribution in [0.5, 0.6) is 0 Å². The lowest BCUT2D eigenvalue weighted by atomic mass is 10.2. The van der Waals surface area contributed by atoms with Gasteiger partial charge in [0.15, 0.2) is 10.3 Å². The average Bonchev–Trinajstić information content (AvgIpc) is 3.35. The number of amides is 1. The molecule has 3 aromatic heterocycles. The number of thiazole rings is 1. The Morgan fingerprint density at radius 1 is 1.21 bits per heavy atom. The summed E-state index contributed by atoms with van der Waals surface area (Å²) < 4.78 is 1.46. The second-order valence-electron chi connectivity index (χ2n) is 5.90. The number of carbonyl (C=O) groups excluding carboxylic acids is 1. The second kappa shape index (κ2) is 8.45. The van der Waals surface area contributed by atoms with Crippen LogP contribution in [0.4, 0.5) is 5.13 Å². The summed E-state index contributed by atoms with van der Waals surface area (Å²) in [5.41, 5.74) is 1.39. The van der Waals surface area contributed by atoms with Gasteiger partial charge in [0.25, 0.3) is 5.56 Å². The van der Waals surface area contributed by atoms with Gasteiger partial charge in [-0.1, -0.05) is 41.0 Å². The third-order valence-corrected chi connectivity index (χ3v) is 7.30. The smallest absolute Gasteiger partial charge is 0.262 e. The van der Waals surface area contributed by atoms with E-state index in [1.165, 1.54) is 39.0 Å². The minimum atomic E-state index is -0.231. The highest BCUT2D eigenvalue weighted by molar-refractivity contribution is 7.99. The molecule has 4 aromatic rings. The summed E-state index contributed by atoms with van der Waals surface area (Å²) in [7, 11) is 1.65. The normalized spacial score (nSPS) is 11.1. The molecule has 4 rings (SSSR count).